The van der Waals surface area contributed by atoms with Crippen LogP contribution in [0.25, 0.3) is 0 Å². The highest BCUT2D eigenvalue weighted by Crippen LogP contribution is 2.35. The lowest BCUT2D eigenvalue weighted by molar-refractivity contribution is 0.101. The van der Waals surface area contributed by atoms with Crippen LogP contribution in [0.15, 0.2) is 12.1 Å². The smallest absolute Gasteiger partial charge is 0.197 e. The number of carbonyl (C=O) groups is 1. The molecule has 3 nitrogen and oxygen atoms in total. The third-order valence-corrected chi connectivity index (χ3v) is 2.22. The van der Waals surface area contributed by atoms with Crippen LogP contribution in [0.4, 0.5) is 4.39 Å². The predicted octanol–water partition coefficient (Wildman–Crippen LogP) is 2.19. The van der Waals surface area contributed by atoms with Gasteiger partial charge >= 0.3 is 0 Å². The van der Waals surface area contributed by atoms with E-state index in [1.807, 2.05) is 0 Å². The summed E-state index contributed by atoms with van der Waals surface area (Å²) in [4.78, 5) is 11.3. The van der Waals surface area contributed by atoms with Crippen LogP contribution in [-0.2, 0) is 0 Å². The second-order valence-electron chi connectivity index (χ2n) is 3.36. The van der Waals surface area contributed by atoms with E-state index in [9.17, 15) is 9.18 Å². The minimum absolute atomic E-state index is 0.0557. The van der Waals surface area contributed by atoms with Crippen LogP contribution >= 0.6 is 0 Å². The lowest BCUT2D eigenvalue weighted by atomic mass is 10.1. The molecule has 0 bridgehead atoms. The van der Waals surface area contributed by atoms with Crippen LogP contribution in [0.1, 0.15) is 23.7 Å². The number of Topliss-reactive ketones (excluding diaryl/α,β-unsaturated/α-hetero) is 1. The molecule has 0 saturated carbocycles. The zero-order valence-corrected chi connectivity index (χ0v) is 8.38. The molecule has 0 aliphatic carbocycles. The van der Waals surface area contributed by atoms with E-state index in [0.717, 1.165) is 0 Å². The van der Waals surface area contributed by atoms with E-state index in [2.05, 4.69) is 0 Å². The molecule has 15 heavy (non-hydrogen) atoms. The van der Waals surface area contributed by atoms with E-state index < -0.39 is 5.82 Å². The van der Waals surface area contributed by atoms with Gasteiger partial charge in [0.15, 0.2) is 23.1 Å². The molecule has 0 N–H and O–H groups in total. The monoisotopic (exact) mass is 210 g/mol. The second kappa shape index (κ2) is 3.88. The van der Waals surface area contributed by atoms with E-state index in [1.54, 1.807) is 0 Å². The molecule has 0 atom stereocenters. The van der Waals surface area contributed by atoms with Crippen LogP contribution in [-0.4, -0.2) is 19.0 Å². The number of ether oxygens (including phenoxy) is 2. The normalized spacial score (nSPS) is 14.5. The first-order valence-electron chi connectivity index (χ1n) is 4.79. The number of hydrogen-bond acceptors (Lipinski definition) is 3. The summed E-state index contributed by atoms with van der Waals surface area (Å²) in [6.45, 7) is 2.27. The van der Waals surface area contributed by atoms with E-state index in [-0.39, 0.29) is 17.3 Å². The number of halogens is 1. The quantitative estimate of drug-likeness (QED) is 0.666. The van der Waals surface area contributed by atoms with Gasteiger partial charge in [0, 0.05) is 6.42 Å². The molecular weight excluding hydrogens is 199 g/mol. The van der Waals surface area contributed by atoms with Gasteiger partial charge in [-0.3, -0.25) is 4.79 Å². The van der Waals surface area contributed by atoms with E-state index in [1.165, 1.54) is 19.1 Å². The van der Waals surface area contributed by atoms with Crippen molar-refractivity contribution in [3.63, 3.8) is 0 Å². The molecular formula is C11H11FO3. The first-order chi connectivity index (χ1) is 7.20. The molecule has 0 saturated heterocycles. The Morgan fingerprint density at radius 2 is 1.93 bits per heavy atom. The summed E-state index contributed by atoms with van der Waals surface area (Å²) in [5, 5.41) is 0. The van der Waals surface area contributed by atoms with Crippen molar-refractivity contribution in [3.8, 4) is 11.5 Å². The maximum atomic E-state index is 13.4. The van der Waals surface area contributed by atoms with Gasteiger partial charge in [0.1, 0.15) is 0 Å². The Morgan fingerprint density at radius 3 is 2.60 bits per heavy atom. The Balaban J connectivity index is 2.56. The van der Waals surface area contributed by atoms with Gasteiger partial charge in [-0.2, -0.15) is 0 Å². The lowest BCUT2D eigenvalue weighted by Gasteiger charge is -2.10. The summed E-state index contributed by atoms with van der Waals surface area (Å²) in [6.07, 6.45) is 0.686. The minimum atomic E-state index is -0.489. The standard InChI is InChI=1S/C11H11FO3/c1-7(13)8-3-4-9(12)11-10(8)14-5-2-6-15-11/h3-4H,2,5-6H2,1H3. The van der Waals surface area contributed by atoms with Crippen LogP contribution < -0.4 is 9.47 Å². The molecule has 0 amide bonds. The molecule has 80 valence electrons. The van der Waals surface area contributed by atoms with E-state index in [4.69, 9.17) is 9.47 Å². The van der Waals surface area contributed by atoms with Crippen LogP contribution in [0.5, 0.6) is 11.5 Å². The third kappa shape index (κ3) is 1.79. The fraction of sp³-hybridized carbons (Fsp3) is 0.364. The second-order valence-corrected chi connectivity index (χ2v) is 3.36. The van der Waals surface area contributed by atoms with Gasteiger partial charge in [-0.15, -0.1) is 0 Å². The predicted molar refractivity (Wildman–Crippen MR) is 52.0 cm³/mol. The third-order valence-electron chi connectivity index (χ3n) is 2.22. The molecule has 1 aromatic carbocycles. The molecule has 0 aromatic heterocycles. The summed E-state index contributed by atoms with van der Waals surface area (Å²) in [5.41, 5.74) is 0.369. The van der Waals surface area contributed by atoms with Crippen LogP contribution in [0, 0.1) is 5.82 Å². The van der Waals surface area contributed by atoms with Crippen molar-refractivity contribution in [2.45, 2.75) is 13.3 Å². The molecule has 4 heteroatoms. The Bertz CT molecular complexity index is 401. The molecule has 0 radical (unpaired) electrons. The summed E-state index contributed by atoms with van der Waals surface area (Å²) in [6, 6.07) is 2.65. The maximum absolute atomic E-state index is 13.4. The fourth-order valence-corrected chi connectivity index (χ4v) is 1.50. The van der Waals surface area contributed by atoms with Crippen molar-refractivity contribution >= 4 is 5.78 Å². The summed E-state index contributed by atoms with van der Waals surface area (Å²) in [5.74, 6) is -0.353. The lowest BCUT2D eigenvalue weighted by Crippen LogP contribution is -2.02. The Labute approximate surface area is 86.8 Å². The highest BCUT2D eigenvalue weighted by molar-refractivity contribution is 5.97. The van der Waals surface area contributed by atoms with Crippen molar-refractivity contribution < 1.29 is 18.7 Å². The number of hydrogen-bond donors (Lipinski definition) is 0. The van der Waals surface area contributed by atoms with Crippen LogP contribution in [0.2, 0.25) is 0 Å². The summed E-state index contributed by atoms with van der Waals surface area (Å²) >= 11 is 0. The van der Waals surface area contributed by atoms with Crippen molar-refractivity contribution in [3.05, 3.63) is 23.5 Å². The number of benzene rings is 1. The number of ketones is 1. The van der Waals surface area contributed by atoms with Crippen LogP contribution in [0.3, 0.4) is 0 Å². The zero-order chi connectivity index (χ0) is 10.8. The molecule has 2 rings (SSSR count). The Morgan fingerprint density at radius 1 is 1.27 bits per heavy atom. The van der Waals surface area contributed by atoms with Gasteiger partial charge in [0.2, 0.25) is 0 Å². The number of rotatable bonds is 1. The molecule has 1 heterocycles. The molecule has 0 fully saturated rings. The minimum Gasteiger partial charge on any atom is -0.489 e. The van der Waals surface area contributed by atoms with Crippen molar-refractivity contribution in [2.24, 2.45) is 0 Å². The average molecular weight is 210 g/mol. The van der Waals surface area contributed by atoms with Gasteiger partial charge in [-0.25, -0.2) is 4.39 Å². The van der Waals surface area contributed by atoms with Gasteiger partial charge in [-0.05, 0) is 19.1 Å². The first kappa shape index (κ1) is 9.96. The summed E-state index contributed by atoms with van der Waals surface area (Å²) in [7, 11) is 0. The molecule has 1 aromatic rings. The Hall–Kier alpha value is -1.58. The van der Waals surface area contributed by atoms with E-state index in [0.29, 0.717) is 25.2 Å². The SMILES string of the molecule is CC(=O)c1ccc(F)c2c1OCCCO2. The van der Waals surface area contributed by atoms with Crippen molar-refractivity contribution in [2.75, 3.05) is 13.2 Å². The van der Waals surface area contributed by atoms with Gasteiger partial charge in [-0.1, -0.05) is 0 Å². The van der Waals surface area contributed by atoms with Crippen molar-refractivity contribution in [1.82, 2.24) is 0 Å². The van der Waals surface area contributed by atoms with Crippen molar-refractivity contribution in [1.29, 1.82) is 0 Å². The fourth-order valence-electron chi connectivity index (χ4n) is 1.50. The maximum Gasteiger partial charge on any atom is 0.197 e. The van der Waals surface area contributed by atoms with Gasteiger partial charge in [0.25, 0.3) is 0 Å². The summed E-state index contributed by atoms with van der Waals surface area (Å²) < 4.78 is 23.9. The molecule has 0 unspecified atom stereocenters. The first-order valence-corrected chi connectivity index (χ1v) is 4.79. The molecule has 0 spiro atoms. The van der Waals surface area contributed by atoms with Gasteiger partial charge in [0.05, 0.1) is 18.8 Å². The topological polar surface area (TPSA) is 35.5 Å². The number of carbonyl (C=O) groups excluding carboxylic acids is 1. The zero-order valence-electron chi connectivity index (χ0n) is 8.38. The Kier molecular flexibility index (Phi) is 2.58. The largest absolute Gasteiger partial charge is 0.489 e. The molecule has 1 aliphatic rings. The van der Waals surface area contributed by atoms with E-state index >= 15 is 0 Å². The average Bonchev–Trinajstić information content (AvgIpc) is 2.43. The van der Waals surface area contributed by atoms with Gasteiger partial charge < -0.3 is 9.47 Å². The number of fused-ring (bicyclic) bond motifs is 1. The molecule has 1 aliphatic heterocycles. The highest BCUT2D eigenvalue weighted by Gasteiger charge is 2.20. The highest BCUT2D eigenvalue weighted by atomic mass is 19.1.